The number of hydrazone groups is 1. The van der Waals surface area contributed by atoms with E-state index < -0.39 is 0 Å². The first-order valence-corrected chi connectivity index (χ1v) is 10.6. The molecule has 1 aromatic carbocycles. The molecule has 29 heavy (non-hydrogen) atoms. The van der Waals surface area contributed by atoms with Gasteiger partial charge in [0.15, 0.2) is 0 Å². The van der Waals surface area contributed by atoms with E-state index in [2.05, 4.69) is 46.2 Å². The summed E-state index contributed by atoms with van der Waals surface area (Å²) in [5.41, 5.74) is 4.05. The summed E-state index contributed by atoms with van der Waals surface area (Å²) >= 11 is 3.52. The third-order valence-electron chi connectivity index (χ3n) is 4.75. The second kappa shape index (κ2) is 9.80. The Balaban J connectivity index is 1.50. The first-order valence-electron chi connectivity index (χ1n) is 9.83. The molecule has 9 heteroatoms. The lowest BCUT2D eigenvalue weighted by Crippen LogP contribution is -2.38. The van der Waals surface area contributed by atoms with Gasteiger partial charge in [-0.15, -0.1) is 0 Å². The lowest BCUT2D eigenvalue weighted by atomic mass is 10.2. The molecule has 152 valence electrons. The van der Waals surface area contributed by atoms with E-state index in [-0.39, 0.29) is 0 Å². The maximum Gasteiger partial charge on any atom is 0.250 e. The SMILES string of the molecule is BrC(/C=N\Nc1nc(N2CCCC2)nc(N2CCOCC2)n1)=C/c1ccccc1. The number of hydrogen-bond donors (Lipinski definition) is 1. The average molecular weight is 458 g/mol. The number of aromatic nitrogens is 3. The third kappa shape index (κ3) is 5.51. The molecule has 0 unspecified atom stereocenters. The standard InChI is InChI=1S/C20H24BrN7O/c21-17(14-16-6-2-1-3-7-16)15-22-26-18-23-19(27-8-4-5-9-27)25-20(24-18)28-10-12-29-13-11-28/h1-3,6-7,14-15H,4-5,8-13H2,(H,23,24,25,26)/b17-14+,22-15-. The number of allylic oxidation sites excluding steroid dienone is 1. The van der Waals surface area contributed by atoms with Crippen molar-refractivity contribution in [2.75, 3.05) is 54.6 Å². The van der Waals surface area contributed by atoms with Gasteiger partial charge in [-0.1, -0.05) is 30.3 Å². The summed E-state index contributed by atoms with van der Waals surface area (Å²) < 4.78 is 6.29. The average Bonchev–Trinajstić information content (AvgIpc) is 3.30. The number of halogens is 1. The number of anilines is 3. The Morgan fingerprint density at radius 1 is 0.966 bits per heavy atom. The molecule has 0 spiro atoms. The zero-order valence-electron chi connectivity index (χ0n) is 16.2. The van der Waals surface area contributed by atoms with Gasteiger partial charge in [0.1, 0.15) is 0 Å². The third-order valence-corrected chi connectivity index (χ3v) is 5.18. The van der Waals surface area contributed by atoms with Gasteiger partial charge in [-0.2, -0.15) is 20.1 Å². The van der Waals surface area contributed by atoms with Gasteiger partial charge in [-0.05, 0) is 40.4 Å². The summed E-state index contributed by atoms with van der Waals surface area (Å²) in [4.78, 5) is 18.2. The van der Waals surface area contributed by atoms with Crippen molar-refractivity contribution in [3.63, 3.8) is 0 Å². The van der Waals surface area contributed by atoms with Crippen molar-refractivity contribution in [1.82, 2.24) is 15.0 Å². The van der Waals surface area contributed by atoms with Gasteiger partial charge in [-0.25, -0.2) is 5.43 Å². The number of rotatable bonds is 6. The van der Waals surface area contributed by atoms with E-state index in [1.165, 1.54) is 0 Å². The number of nitrogens with one attached hydrogen (secondary N) is 1. The predicted octanol–water partition coefficient (Wildman–Crippen LogP) is 3.14. The van der Waals surface area contributed by atoms with Crippen LogP contribution in [-0.4, -0.2) is 60.6 Å². The Hall–Kier alpha value is -2.52. The highest BCUT2D eigenvalue weighted by Crippen LogP contribution is 2.21. The van der Waals surface area contributed by atoms with Crippen LogP contribution < -0.4 is 15.2 Å². The Morgan fingerprint density at radius 3 is 2.31 bits per heavy atom. The van der Waals surface area contributed by atoms with Crippen molar-refractivity contribution in [2.45, 2.75) is 12.8 Å². The Labute approximate surface area is 178 Å². The molecule has 2 saturated heterocycles. The van der Waals surface area contributed by atoms with E-state index in [1.54, 1.807) is 6.21 Å². The van der Waals surface area contributed by atoms with Gasteiger partial charge in [0.05, 0.1) is 19.4 Å². The molecule has 0 aliphatic carbocycles. The Morgan fingerprint density at radius 2 is 1.62 bits per heavy atom. The second-order valence-corrected chi connectivity index (χ2v) is 7.78. The minimum atomic E-state index is 0.444. The van der Waals surface area contributed by atoms with Crippen LogP contribution in [-0.2, 0) is 4.74 Å². The van der Waals surface area contributed by atoms with Gasteiger partial charge in [0.25, 0.3) is 0 Å². The van der Waals surface area contributed by atoms with Crippen LogP contribution in [0.2, 0.25) is 0 Å². The van der Waals surface area contributed by atoms with Gasteiger partial charge in [-0.3, -0.25) is 0 Å². The van der Waals surface area contributed by atoms with Crippen LogP contribution in [0.15, 0.2) is 39.9 Å². The normalized spacial score (nSPS) is 17.9. The molecule has 8 nitrogen and oxygen atoms in total. The molecule has 2 aliphatic rings. The van der Waals surface area contributed by atoms with Crippen LogP contribution >= 0.6 is 15.9 Å². The molecular weight excluding hydrogens is 434 g/mol. The van der Waals surface area contributed by atoms with E-state index in [4.69, 9.17) is 9.72 Å². The van der Waals surface area contributed by atoms with Crippen molar-refractivity contribution in [3.05, 3.63) is 40.4 Å². The second-order valence-electron chi connectivity index (χ2n) is 6.86. The lowest BCUT2D eigenvalue weighted by molar-refractivity contribution is 0.122. The Bertz CT molecular complexity index is 862. The number of morpholine rings is 1. The van der Waals surface area contributed by atoms with Crippen molar-refractivity contribution >= 4 is 46.1 Å². The zero-order chi connectivity index (χ0) is 19.9. The molecule has 2 fully saturated rings. The molecular formula is C20H24BrN7O. The van der Waals surface area contributed by atoms with Gasteiger partial charge >= 0.3 is 0 Å². The highest BCUT2D eigenvalue weighted by atomic mass is 79.9. The van der Waals surface area contributed by atoms with E-state index in [1.807, 2.05) is 36.4 Å². The van der Waals surface area contributed by atoms with Crippen LogP contribution in [0.1, 0.15) is 18.4 Å². The van der Waals surface area contributed by atoms with E-state index in [9.17, 15) is 0 Å². The van der Waals surface area contributed by atoms with Crippen molar-refractivity contribution in [2.24, 2.45) is 5.10 Å². The van der Waals surface area contributed by atoms with Gasteiger partial charge in [0.2, 0.25) is 17.8 Å². The fourth-order valence-electron chi connectivity index (χ4n) is 3.26. The summed E-state index contributed by atoms with van der Waals surface area (Å²) in [7, 11) is 0. The fraction of sp³-hybridized carbons (Fsp3) is 0.400. The van der Waals surface area contributed by atoms with Crippen LogP contribution in [0.3, 0.4) is 0 Å². The largest absolute Gasteiger partial charge is 0.378 e. The maximum absolute atomic E-state index is 5.45. The molecule has 1 aromatic heterocycles. The smallest absolute Gasteiger partial charge is 0.250 e. The maximum atomic E-state index is 5.45. The first kappa shape index (κ1) is 19.8. The Kier molecular flexibility index (Phi) is 6.68. The van der Waals surface area contributed by atoms with Crippen LogP contribution in [0.25, 0.3) is 6.08 Å². The van der Waals surface area contributed by atoms with Crippen LogP contribution in [0.5, 0.6) is 0 Å². The molecule has 0 amide bonds. The summed E-state index contributed by atoms with van der Waals surface area (Å²) in [6.45, 7) is 4.86. The van der Waals surface area contributed by atoms with Crippen molar-refractivity contribution < 1.29 is 4.74 Å². The molecule has 0 saturated carbocycles. The number of hydrogen-bond acceptors (Lipinski definition) is 8. The molecule has 1 N–H and O–H groups in total. The molecule has 2 aromatic rings. The van der Waals surface area contributed by atoms with Gasteiger partial charge in [0, 0.05) is 30.7 Å². The quantitative estimate of drug-likeness (QED) is 0.527. The number of nitrogens with zero attached hydrogens (tertiary/aromatic N) is 6. The summed E-state index contributed by atoms with van der Waals surface area (Å²) in [6, 6.07) is 10.1. The summed E-state index contributed by atoms with van der Waals surface area (Å²) in [5.74, 6) is 1.82. The van der Waals surface area contributed by atoms with E-state index in [0.717, 1.165) is 49.1 Å². The highest BCUT2D eigenvalue weighted by molar-refractivity contribution is 9.12. The monoisotopic (exact) mass is 457 g/mol. The molecule has 0 radical (unpaired) electrons. The fourth-order valence-corrected chi connectivity index (χ4v) is 3.63. The molecule has 4 rings (SSSR count). The number of ether oxygens (including phenoxy) is 1. The number of benzene rings is 1. The highest BCUT2D eigenvalue weighted by Gasteiger charge is 2.21. The van der Waals surface area contributed by atoms with Crippen molar-refractivity contribution in [1.29, 1.82) is 0 Å². The van der Waals surface area contributed by atoms with E-state index >= 15 is 0 Å². The first-order chi connectivity index (χ1) is 14.3. The predicted molar refractivity (Wildman–Crippen MR) is 120 cm³/mol. The van der Waals surface area contributed by atoms with E-state index in [0.29, 0.717) is 31.1 Å². The molecule has 0 atom stereocenters. The summed E-state index contributed by atoms with van der Waals surface area (Å²) in [5, 5.41) is 4.29. The summed E-state index contributed by atoms with van der Waals surface area (Å²) in [6.07, 6.45) is 6.02. The van der Waals surface area contributed by atoms with Crippen molar-refractivity contribution in [3.8, 4) is 0 Å². The minimum Gasteiger partial charge on any atom is -0.378 e. The van der Waals surface area contributed by atoms with Gasteiger partial charge < -0.3 is 14.5 Å². The van der Waals surface area contributed by atoms with Crippen LogP contribution in [0.4, 0.5) is 17.8 Å². The molecule has 0 bridgehead atoms. The minimum absolute atomic E-state index is 0.444. The van der Waals surface area contributed by atoms with Crippen LogP contribution in [0, 0.1) is 0 Å². The lowest BCUT2D eigenvalue weighted by Gasteiger charge is -2.27. The molecule has 2 aliphatic heterocycles. The zero-order valence-corrected chi connectivity index (χ0v) is 17.8. The molecule has 3 heterocycles. The topological polar surface area (TPSA) is 78.8 Å².